The highest BCUT2D eigenvalue weighted by Gasteiger charge is 2.23. The second kappa shape index (κ2) is 5.71. The van der Waals surface area contributed by atoms with Crippen LogP contribution in [0.1, 0.15) is 43.5 Å². The summed E-state index contributed by atoms with van der Waals surface area (Å²) in [6.07, 6.45) is 1.81. The summed E-state index contributed by atoms with van der Waals surface area (Å²) in [6.45, 7) is 5.47. The van der Waals surface area contributed by atoms with E-state index in [1.165, 1.54) is 22.7 Å². The van der Waals surface area contributed by atoms with Crippen molar-refractivity contribution in [2.75, 3.05) is 0 Å². The van der Waals surface area contributed by atoms with E-state index >= 15 is 0 Å². The van der Waals surface area contributed by atoms with Gasteiger partial charge in [0.05, 0.1) is 15.6 Å². The number of nitrogens with zero attached hydrogens (tertiary/aromatic N) is 2. The van der Waals surface area contributed by atoms with Crippen LogP contribution >= 0.6 is 22.7 Å². The number of carbonyl (C=O) groups excluding carboxylic acids is 2. The minimum atomic E-state index is -0.347. The Bertz CT molecular complexity index is 602. The van der Waals surface area contributed by atoms with E-state index in [9.17, 15) is 9.59 Å². The van der Waals surface area contributed by atoms with Crippen LogP contribution in [-0.2, 0) is 0 Å². The fraction of sp³-hybridized carbons (Fsp3) is 0.385. The standard InChI is InChI=1S/C13H14N2O2S2/c1-7(11(17)13-14-4-5-18-13)6-10(16)12-8(2)15-9(3)19-12/h4-5,7H,6H2,1-3H3. The van der Waals surface area contributed by atoms with Gasteiger partial charge in [0, 0.05) is 23.9 Å². The SMILES string of the molecule is Cc1nc(C)c(C(=O)CC(C)C(=O)c2nccs2)s1. The lowest BCUT2D eigenvalue weighted by Crippen LogP contribution is -2.15. The molecule has 0 N–H and O–H groups in total. The van der Waals surface area contributed by atoms with Crippen molar-refractivity contribution in [1.29, 1.82) is 0 Å². The van der Waals surface area contributed by atoms with Crippen LogP contribution in [0, 0.1) is 19.8 Å². The Morgan fingerprint density at radius 1 is 1.37 bits per heavy atom. The molecular weight excluding hydrogens is 280 g/mol. The minimum absolute atomic E-state index is 0.0134. The third-order valence-electron chi connectivity index (χ3n) is 2.74. The Kier molecular flexibility index (Phi) is 4.21. The lowest BCUT2D eigenvalue weighted by Gasteiger charge is -2.06. The zero-order valence-corrected chi connectivity index (χ0v) is 12.6. The van der Waals surface area contributed by atoms with Crippen molar-refractivity contribution < 1.29 is 9.59 Å². The summed E-state index contributed by atoms with van der Waals surface area (Å²) in [5.41, 5.74) is 0.751. The van der Waals surface area contributed by atoms with Gasteiger partial charge in [0.15, 0.2) is 16.6 Å². The predicted molar refractivity (Wildman–Crippen MR) is 76.1 cm³/mol. The summed E-state index contributed by atoms with van der Waals surface area (Å²) >= 11 is 2.70. The smallest absolute Gasteiger partial charge is 0.194 e. The second-order valence-electron chi connectivity index (χ2n) is 4.38. The first-order chi connectivity index (χ1) is 8.99. The maximum atomic E-state index is 12.2. The van der Waals surface area contributed by atoms with Gasteiger partial charge in [-0.25, -0.2) is 9.97 Å². The lowest BCUT2D eigenvalue weighted by molar-refractivity contribution is 0.0864. The molecule has 1 unspecified atom stereocenters. The van der Waals surface area contributed by atoms with Gasteiger partial charge in [-0.2, -0.15) is 0 Å². The number of thiazole rings is 2. The number of aryl methyl sites for hydroxylation is 2. The van der Waals surface area contributed by atoms with Crippen molar-refractivity contribution in [3.8, 4) is 0 Å². The molecule has 0 aromatic carbocycles. The van der Waals surface area contributed by atoms with Crippen LogP contribution in [0.15, 0.2) is 11.6 Å². The molecule has 0 aliphatic heterocycles. The van der Waals surface area contributed by atoms with Crippen molar-refractivity contribution in [3.63, 3.8) is 0 Å². The molecule has 4 nitrogen and oxygen atoms in total. The molecule has 0 amide bonds. The van der Waals surface area contributed by atoms with Crippen LogP contribution in [-0.4, -0.2) is 21.5 Å². The number of hydrogen-bond donors (Lipinski definition) is 0. The third kappa shape index (κ3) is 3.13. The topological polar surface area (TPSA) is 59.9 Å². The van der Waals surface area contributed by atoms with Gasteiger partial charge < -0.3 is 0 Å². The molecule has 2 heterocycles. The van der Waals surface area contributed by atoms with E-state index in [-0.39, 0.29) is 23.9 Å². The zero-order chi connectivity index (χ0) is 14.0. The minimum Gasteiger partial charge on any atom is -0.293 e. The average molecular weight is 294 g/mol. The van der Waals surface area contributed by atoms with Gasteiger partial charge >= 0.3 is 0 Å². The number of Topliss-reactive ketones (excluding diaryl/α,β-unsaturated/α-hetero) is 2. The van der Waals surface area contributed by atoms with Gasteiger partial charge in [-0.3, -0.25) is 9.59 Å². The van der Waals surface area contributed by atoms with Crippen LogP contribution in [0.2, 0.25) is 0 Å². The Balaban J connectivity index is 2.07. The highest BCUT2D eigenvalue weighted by molar-refractivity contribution is 7.13. The largest absolute Gasteiger partial charge is 0.293 e. The van der Waals surface area contributed by atoms with Gasteiger partial charge in [0.25, 0.3) is 0 Å². The van der Waals surface area contributed by atoms with E-state index in [1.807, 2.05) is 13.8 Å². The molecule has 0 saturated carbocycles. The van der Waals surface area contributed by atoms with E-state index in [0.29, 0.717) is 9.88 Å². The quantitative estimate of drug-likeness (QED) is 0.794. The number of ketones is 2. The first-order valence-electron chi connectivity index (χ1n) is 5.90. The second-order valence-corrected chi connectivity index (χ2v) is 6.48. The van der Waals surface area contributed by atoms with Crippen LogP contribution < -0.4 is 0 Å². The Morgan fingerprint density at radius 3 is 2.63 bits per heavy atom. The summed E-state index contributed by atoms with van der Waals surface area (Å²) in [5, 5.41) is 3.11. The molecule has 1 atom stereocenters. The number of carbonyl (C=O) groups is 2. The number of rotatable bonds is 5. The van der Waals surface area contributed by atoms with Crippen LogP contribution in [0.5, 0.6) is 0 Å². The molecular formula is C13H14N2O2S2. The fourth-order valence-corrected chi connectivity index (χ4v) is 3.37. The maximum absolute atomic E-state index is 12.2. The molecule has 100 valence electrons. The van der Waals surface area contributed by atoms with E-state index < -0.39 is 0 Å². The normalized spacial score (nSPS) is 12.4. The molecule has 0 saturated heterocycles. The summed E-state index contributed by atoms with van der Waals surface area (Å²) in [5.74, 6) is -0.428. The van der Waals surface area contributed by atoms with Gasteiger partial charge in [-0.15, -0.1) is 22.7 Å². The van der Waals surface area contributed by atoms with E-state index in [2.05, 4.69) is 9.97 Å². The first kappa shape index (κ1) is 14.0. The van der Waals surface area contributed by atoms with Crippen molar-refractivity contribution >= 4 is 34.2 Å². The van der Waals surface area contributed by atoms with Gasteiger partial charge in [0.2, 0.25) is 0 Å². The lowest BCUT2D eigenvalue weighted by atomic mass is 9.99. The van der Waals surface area contributed by atoms with E-state index in [1.54, 1.807) is 18.5 Å². The summed E-state index contributed by atoms with van der Waals surface area (Å²) in [6, 6.07) is 0. The molecule has 2 aromatic rings. The first-order valence-corrected chi connectivity index (χ1v) is 7.59. The summed E-state index contributed by atoms with van der Waals surface area (Å²) in [7, 11) is 0. The van der Waals surface area contributed by atoms with Crippen LogP contribution in [0.4, 0.5) is 0 Å². The molecule has 0 aliphatic carbocycles. The van der Waals surface area contributed by atoms with E-state index in [4.69, 9.17) is 0 Å². The van der Waals surface area contributed by atoms with Crippen molar-refractivity contribution in [1.82, 2.24) is 9.97 Å². The van der Waals surface area contributed by atoms with Crippen molar-refractivity contribution in [3.05, 3.63) is 32.2 Å². The van der Waals surface area contributed by atoms with Crippen LogP contribution in [0.3, 0.4) is 0 Å². The van der Waals surface area contributed by atoms with Crippen molar-refractivity contribution in [2.24, 2.45) is 5.92 Å². The monoisotopic (exact) mass is 294 g/mol. The molecule has 0 aliphatic rings. The fourth-order valence-electron chi connectivity index (χ4n) is 1.81. The zero-order valence-electron chi connectivity index (χ0n) is 11.0. The van der Waals surface area contributed by atoms with Gasteiger partial charge in [-0.05, 0) is 13.8 Å². The summed E-state index contributed by atoms with van der Waals surface area (Å²) < 4.78 is 0. The molecule has 0 fully saturated rings. The molecule has 0 spiro atoms. The molecule has 2 aromatic heterocycles. The van der Waals surface area contributed by atoms with Crippen molar-refractivity contribution in [2.45, 2.75) is 27.2 Å². The predicted octanol–water partition coefficient (Wildman–Crippen LogP) is 3.31. The third-order valence-corrected chi connectivity index (χ3v) is 4.64. The number of aromatic nitrogens is 2. The molecule has 0 bridgehead atoms. The molecule has 6 heteroatoms. The van der Waals surface area contributed by atoms with Gasteiger partial charge in [-0.1, -0.05) is 6.92 Å². The Hall–Kier alpha value is -1.40. The van der Waals surface area contributed by atoms with Crippen LogP contribution in [0.25, 0.3) is 0 Å². The highest BCUT2D eigenvalue weighted by atomic mass is 32.1. The Labute approximate surface area is 119 Å². The number of hydrogen-bond acceptors (Lipinski definition) is 6. The average Bonchev–Trinajstić information content (AvgIpc) is 2.97. The Morgan fingerprint density at radius 2 is 2.11 bits per heavy atom. The van der Waals surface area contributed by atoms with Gasteiger partial charge in [0.1, 0.15) is 0 Å². The molecule has 0 radical (unpaired) electrons. The highest BCUT2D eigenvalue weighted by Crippen LogP contribution is 2.22. The summed E-state index contributed by atoms with van der Waals surface area (Å²) in [4.78, 5) is 33.1. The molecule has 2 rings (SSSR count). The maximum Gasteiger partial charge on any atom is 0.194 e. The van der Waals surface area contributed by atoms with E-state index in [0.717, 1.165) is 10.7 Å². The molecule has 19 heavy (non-hydrogen) atoms.